The molecule has 1 atom stereocenters. The van der Waals surface area contributed by atoms with Crippen LogP contribution in [-0.2, 0) is 9.53 Å². The first-order valence-electron chi connectivity index (χ1n) is 8.73. The SMILES string of the molecule is COC(=O)C1CCC(N[C@H](c2nnc3ccccn23)C(C)C)CC1. The summed E-state index contributed by atoms with van der Waals surface area (Å²) in [5, 5.41) is 12.4. The van der Waals surface area contributed by atoms with Gasteiger partial charge < -0.3 is 10.1 Å². The molecule has 6 nitrogen and oxygen atoms in total. The minimum atomic E-state index is -0.0719. The number of fused-ring (bicyclic) bond motifs is 1. The summed E-state index contributed by atoms with van der Waals surface area (Å²) in [7, 11) is 1.47. The van der Waals surface area contributed by atoms with E-state index in [4.69, 9.17) is 4.74 Å². The van der Waals surface area contributed by atoms with E-state index in [0.29, 0.717) is 12.0 Å². The maximum absolute atomic E-state index is 11.7. The molecule has 0 saturated heterocycles. The van der Waals surface area contributed by atoms with Crippen LogP contribution in [0.3, 0.4) is 0 Å². The number of rotatable bonds is 5. The number of carbonyl (C=O) groups excluding carboxylic acids is 1. The van der Waals surface area contributed by atoms with Crippen LogP contribution < -0.4 is 5.32 Å². The van der Waals surface area contributed by atoms with Gasteiger partial charge in [0.05, 0.1) is 19.1 Å². The fraction of sp³-hybridized carbons (Fsp3) is 0.611. The number of ether oxygens (including phenoxy) is 1. The van der Waals surface area contributed by atoms with Crippen molar-refractivity contribution in [2.45, 2.75) is 51.6 Å². The molecule has 1 aliphatic rings. The van der Waals surface area contributed by atoms with E-state index >= 15 is 0 Å². The van der Waals surface area contributed by atoms with Crippen LogP contribution in [0.15, 0.2) is 24.4 Å². The Morgan fingerprint density at radius 2 is 2.00 bits per heavy atom. The van der Waals surface area contributed by atoms with Crippen LogP contribution in [0.1, 0.15) is 51.4 Å². The predicted octanol–water partition coefficient (Wildman–Crippen LogP) is 2.75. The highest BCUT2D eigenvalue weighted by Crippen LogP contribution is 2.29. The smallest absolute Gasteiger partial charge is 0.308 e. The number of nitrogens with one attached hydrogen (secondary N) is 1. The molecule has 0 bridgehead atoms. The first kappa shape index (κ1) is 16.9. The highest BCUT2D eigenvalue weighted by molar-refractivity contribution is 5.72. The minimum Gasteiger partial charge on any atom is -0.469 e. The highest BCUT2D eigenvalue weighted by Gasteiger charge is 2.30. The van der Waals surface area contributed by atoms with Crippen LogP contribution in [0.25, 0.3) is 5.65 Å². The van der Waals surface area contributed by atoms with Crippen molar-refractivity contribution >= 4 is 11.6 Å². The van der Waals surface area contributed by atoms with Crippen molar-refractivity contribution in [2.24, 2.45) is 11.8 Å². The van der Waals surface area contributed by atoms with E-state index < -0.39 is 0 Å². The van der Waals surface area contributed by atoms with Crippen molar-refractivity contribution in [3.05, 3.63) is 30.2 Å². The Kier molecular flexibility index (Phi) is 5.14. The zero-order valence-electron chi connectivity index (χ0n) is 14.6. The number of esters is 1. The van der Waals surface area contributed by atoms with Crippen molar-refractivity contribution in [3.63, 3.8) is 0 Å². The van der Waals surface area contributed by atoms with Gasteiger partial charge in [-0.25, -0.2) is 0 Å². The predicted molar refractivity (Wildman–Crippen MR) is 91.5 cm³/mol. The number of hydrogen-bond donors (Lipinski definition) is 1. The number of aromatic nitrogens is 3. The quantitative estimate of drug-likeness (QED) is 0.854. The molecule has 0 radical (unpaired) electrons. The standard InChI is InChI=1S/C18H26N4O2/c1-12(2)16(17-21-20-15-6-4-5-11-22(15)17)19-14-9-7-13(8-10-14)18(23)24-3/h4-6,11-14,16,19H,7-10H2,1-3H3/t13?,14?,16-/m0/s1. The van der Waals surface area contributed by atoms with Crippen LogP contribution in [0.4, 0.5) is 0 Å². The van der Waals surface area contributed by atoms with Gasteiger partial charge in [0.1, 0.15) is 0 Å². The second-order valence-electron chi connectivity index (χ2n) is 6.95. The number of pyridine rings is 1. The Morgan fingerprint density at radius 1 is 1.25 bits per heavy atom. The van der Waals surface area contributed by atoms with Gasteiger partial charge in [0, 0.05) is 12.2 Å². The van der Waals surface area contributed by atoms with Crippen molar-refractivity contribution in [1.82, 2.24) is 19.9 Å². The lowest BCUT2D eigenvalue weighted by molar-refractivity contribution is -0.146. The average molecular weight is 330 g/mol. The molecule has 1 fully saturated rings. The fourth-order valence-corrected chi connectivity index (χ4v) is 3.55. The Bertz CT molecular complexity index is 689. The third-order valence-corrected chi connectivity index (χ3v) is 4.96. The molecule has 0 aliphatic heterocycles. The topological polar surface area (TPSA) is 68.5 Å². The Labute approximate surface area is 142 Å². The van der Waals surface area contributed by atoms with Gasteiger partial charge in [-0.3, -0.25) is 9.20 Å². The molecular formula is C18H26N4O2. The van der Waals surface area contributed by atoms with Crippen molar-refractivity contribution in [3.8, 4) is 0 Å². The van der Waals surface area contributed by atoms with Crippen molar-refractivity contribution in [1.29, 1.82) is 0 Å². The van der Waals surface area contributed by atoms with Gasteiger partial charge in [-0.2, -0.15) is 0 Å². The Balaban J connectivity index is 1.71. The summed E-state index contributed by atoms with van der Waals surface area (Å²) in [4.78, 5) is 11.7. The van der Waals surface area contributed by atoms with Crippen LogP contribution >= 0.6 is 0 Å². The summed E-state index contributed by atoms with van der Waals surface area (Å²) < 4.78 is 6.92. The summed E-state index contributed by atoms with van der Waals surface area (Å²) in [6.07, 6.45) is 5.75. The molecule has 2 aromatic heterocycles. The van der Waals surface area contributed by atoms with Crippen LogP contribution in [0, 0.1) is 11.8 Å². The number of carbonyl (C=O) groups is 1. The highest BCUT2D eigenvalue weighted by atomic mass is 16.5. The summed E-state index contributed by atoms with van der Waals surface area (Å²) in [6, 6.07) is 6.48. The molecule has 24 heavy (non-hydrogen) atoms. The van der Waals surface area contributed by atoms with Crippen molar-refractivity contribution in [2.75, 3.05) is 7.11 Å². The van der Waals surface area contributed by atoms with Gasteiger partial charge in [-0.15, -0.1) is 10.2 Å². The normalized spacial score (nSPS) is 22.7. The van der Waals surface area contributed by atoms with E-state index in [9.17, 15) is 4.79 Å². The molecule has 0 spiro atoms. The van der Waals surface area contributed by atoms with E-state index in [1.54, 1.807) is 0 Å². The van der Waals surface area contributed by atoms with Gasteiger partial charge >= 0.3 is 5.97 Å². The number of hydrogen-bond acceptors (Lipinski definition) is 5. The van der Waals surface area contributed by atoms with Gasteiger partial charge in [0.25, 0.3) is 0 Å². The largest absolute Gasteiger partial charge is 0.469 e. The Hall–Kier alpha value is -1.95. The molecule has 1 saturated carbocycles. The fourth-order valence-electron chi connectivity index (χ4n) is 3.55. The molecular weight excluding hydrogens is 304 g/mol. The lowest BCUT2D eigenvalue weighted by atomic mass is 9.85. The van der Waals surface area contributed by atoms with E-state index in [1.165, 1.54) is 7.11 Å². The minimum absolute atomic E-state index is 0.0551. The second kappa shape index (κ2) is 7.30. The zero-order chi connectivity index (χ0) is 17.1. The molecule has 2 aromatic rings. The van der Waals surface area contributed by atoms with Gasteiger partial charge in [-0.05, 0) is 43.7 Å². The molecule has 2 heterocycles. The summed E-state index contributed by atoms with van der Waals surface area (Å²) in [6.45, 7) is 4.39. The molecule has 130 valence electrons. The first-order valence-corrected chi connectivity index (χ1v) is 8.73. The van der Waals surface area contributed by atoms with Crippen LogP contribution in [0.5, 0.6) is 0 Å². The first-order chi connectivity index (χ1) is 11.6. The van der Waals surface area contributed by atoms with Crippen LogP contribution in [-0.4, -0.2) is 33.7 Å². The number of nitrogens with zero attached hydrogens (tertiary/aromatic N) is 3. The van der Waals surface area contributed by atoms with E-state index in [-0.39, 0.29) is 17.9 Å². The molecule has 0 unspecified atom stereocenters. The zero-order valence-corrected chi connectivity index (χ0v) is 14.6. The average Bonchev–Trinajstić information content (AvgIpc) is 3.03. The maximum atomic E-state index is 11.7. The second-order valence-corrected chi connectivity index (χ2v) is 6.95. The summed E-state index contributed by atoms with van der Waals surface area (Å²) >= 11 is 0. The lowest BCUT2D eigenvalue weighted by Gasteiger charge is -2.32. The molecule has 0 amide bonds. The van der Waals surface area contributed by atoms with E-state index in [2.05, 4.69) is 33.8 Å². The van der Waals surface area contributed by atoms with Gasteiger partial charge in [-0.1, -0.05) is 19.9 Å². The van der Waals surface area contributed by atoms with Crippen LogP contribution in [0.2, 0.25) is 0 Å². The summed E-state index contributed by atoms with van der Waals surface area (Å²) in [5.41, 5.74) is 0.870. The third-order valence-electron chi connectivity index (χ3n) is 4.96. The van der Waals surface area contributed by atoms with Crippen molar-refractivity contribution < 1.29 is 9.53 Å². The molecule has 3 rings (SSSR count). The molecule has 1 N–H and O–H groups in total. The Morgan fingerprint density at radius 3 is 2.67 bits per heavy atom. The van der Waals surface area contributed by atoms with Gasteiger partial charge in [0.2, 0.25) is 0 Å². The van der Waals surface area contributed by atoms with E-state index in [1.807, 2.05) is 24.4 Å². The van der Waals surface area contributed by atoms with E-state index in [0.717, 1.165) is 37.2 Å². The molecule has 6 heteroatoms. The number of methoxy groups -OCH3 is 1. The van der Waals surface area contributed by atoms with Gasteiger partial charge in [0.15, 0.2) is 11.5 Å². The summed E-state index contributed by atoms with van der Waals surface area (Å²) in [5.74, 6) is 1.34. The third kappa shape index (κ3) is 3.43. The maximum Gasteiger partial charge on any atom is 0.308 e. The lowest BCUT2D eigenvalue weighted by Crippen LogP contribution is -2.40. The molecule has 0 aromatic carbocycles. The monoisotopic (exact) mass is 330 g/mol. The molecule has 1 aliphatic carbocycles.